The Morgan fingerprint density at radius 1 is 0.964 bits per heavy atom. The highest BCUT2D eigenvalue weighted by molar-refractivity contribution is 9.10. The molecule has 1 unspecified atom stereocenters. The van der Waals surface area contributed by atoms with E-state index in [2.05, 4.69) is 82.5 Å². The lowest BCUT2D eigenvalue weighted by Crippen LogP contribution is -2.33. The lowest BCUT2D eigenvalue weighted by atomic mass is 9.74. The van der Waals surface area contributed by atoms with Crippen LogP contribution in [-0.2, 0) is 10.4 Å². The molecule has 28 heavy (non-hydrogen) atoms. The van der Waals surface area contributed by atoms with Gasteiger partial charge >= 0.3 is 10.4 Å². The second kappa shape index (κ2) is 8.88. The molecule has 0 aromatic heterocycles. The highest BCUT2D eigenvalue weighted by Gasteiger charge is 2.31. The molecular formula is C21H24BrNO4S. The van der Waals surface area contributed by atoms with Gasteiger partial charge in [0.05, 0.1) is 0 Å². The van der Waals surface area contributed by atoms with Gasteiger partial charge in [-0.25, -0.2) is 0 Å². The maximum absolute atomic E-state index is 8.74. The van der Waals surface area contributed by atoms with Crippen molar-refractivity contribution in [3.63, 3.8) is 0 Å². The third-order valence-corrected chi connectivity index (χ3v) is 5.89. The van der Waals surface area contributed by atoms with Gasteiger partial charge in [-0.2, -0.15) is 8.42 Å². The quantitative estimate of drug-likeness (QED) is 0.593. The standard InChI is InChI=1S/C21H22BrN.H2O4S/c1-23-12-10-17(11-13-23)21-19-5-3-2-4-15(19)6-7-16-8-9-18(22)14-20(16)21;1-5(2,3)4/h2-9,14,17,21H,10-13H2,1H3;(H2,1,2,3,4). The van der Waals surface area contributed by atoms with Gasteiger partial charge in [-0.1, -0.05) is 58.4 Å². The molecule has 0 radical (unpaired) electrons. The van der Waals surface area contributed by atoms with Gasteiger partial charge in [-0.3, -0.25) is 9.11 Å². The third kappa shape index (κ3) is 5.52. The fraction of sp³-hybridized carbons (Fsp3) is 0.333. The van der Waals surface area contributed by atoms with Crippen molar-refractivity contribution in [2.75, 3.05) is 20.1 Å². The molecule has 1 atom stereocenters. The van der Waals surface area contributed by atoms with Gasteiger partial charge in [0, 0.05) is 10.4 Å². The summed E-state index contributed by atoms with van der Waals surface area (Å²) in [5, 5.41) is 0. The summed E-state index contributed by atoms with van der Waals surface area (Å²) in [5.41, 5.74) is 5.72. The predicted octanol–water partition coefficient (Wildman–Crippen LogP) is 4.75. The van der Waals surface area contributed by atoms with Gasteiger partial charge < -0.3 is 4.90 Å². The van der Waals surface area contributed by atoms with Crippen LogP contribution >= 0.6 is 15.9 Å². The number of rotatable bonds is 1. The molecule has 0 spiro atoms. The van der Waals surface area contributed by atoms with E-state index in [1.54, 1.807) is 0 Å². The summed E-state index contributed by atoms with van der Waals surface area (Å²) in [6.45, 7) is 2.42. The summed E-state index contributed by atoms with van der Waals surface area (Å²) in [5.74, 6) is 1.22. The summed E-state index contributed by atoms with van der Waals surface area (Å²) < 4.78 is 32.8. The molecule has 2 aliphatic rings. The minimum absolute atomic E-state index is 0.502. The molecule has 1 heterocycles. The fourth-order valence-electron chi connectivity index (χ4n) is 4.13. The smallest absolute Gasteiger partial charge is 0.306 e. The number of hydrogen-bond acceptors (Lipinski definition) is 3. The number of likely N-dealkylation sites (tertiary alicyclic amines) is 1. The average molecular weight is 466 g/mol. The predicted molar refractivity (Wildman–Crippen MR) is 116 cm³/mol. The molecule has 2 aromatic rings. The van der Waals surface area contributed by atoms with Crippen LogP contribution in [0.4, 0.5) is 0 Å². The zero-order chi connectivity index (χ0) is 20.3. The number of hydrogen-bond donors (Lipinski definition) is 2. The van der Waals surface area contributed by atoms with Gasteiger partial charge in [0.1, 0.15) is 0 Å². The molecule has 2 aromatic carbocycles. The molecule has 1 aliphatic heterocycles. The van der Waals surface area contributed by atoms with E-state index < -0.39 is 10.4 Å². The number of fused-ring (bicyclic) bond motifs is 2. The number of piperidine rings is 1. The zero-order valence-electron chi connectivity index (χ0n) is 15.6. The monoisotopic (exact) mass is 465 g/mol. The van der Waals surface area contributed by atoms with Crippen LogP contribution in [0.1, 0.15) is 41.0 Å². The second-order valence-corrected chi connectivity index (χ2v) is 9.11. The molecule has 0 bridgehead atoms. The number of benzene rings is 2. The molecular weight excluding hydrogens is 442 g/mol. The van der Waals surface area contributed by atoms with Gasteiger partial charge in [-0.05, 0) is 73.3 Å². The van der Waals surface area contributed by atoms with E-state index >= 15 is 0 Å². The number of halogens is 1. The van der Waals surface area contributed by atoms with Gasteiger partial charge in [0.2, 0.25) is 0 Å². The van der Waals surface area contributed by atoms with Gasteiger partial charge in [0.15, 0.2) is 0 Å². The van der Waals surface area contributed by atoms with Crippen LogP contribution in [0.25, 0.3) is 12.2 Å². The van der Waals surface area contributed by atoms with Crippen molar-refractivity contribution in [2.45, 2.75) is 18.8 Å². The van der Waals surface area contributed by atoms with Crippen molar-refractivity contribution in [3.05, 3.63) is 69.2 Å². The highest BCUT2D eigenvalue weighted by atomic mass is 79.9. The molecule has 1 fully saturated rings. The second-order valence-electron chi connectivity index (χ2n) is 7.30. The SMILES string of the molecule is CN1CCC(C2c3ccccc3C=Cc3ccc(Br)cc32)CC1.O=S(=O)(O)O. The first-order valence-corrected chi connectivity index (χ1v) is 11.4. The van der Waals surface area contributed by atoms with Crippen molar-refractivity contribution >= 4 is 38.5 Å². The Morgan fingerprint density at radius 3 is 2.18 bits per heavy atom. The minimum Gasteiger partial charge on any atom is -0.306 e. The molecule has 2 N–H and O–H groups in total. The first kappa shape index (κ1) is 21.2. The van der Waals surface area contributed by atoms with Crippen LogP contribution in [0.5, 0.6) is 0 Å². The summed E-state index contributed by atoms with van der Waals surface area (Å²) in [6, 6.07) is 15.7. The Kier molecular flexibility index (Phi) is 6.73. The van der Waals surface area contributed by atoms with Crippen LogP contribution in [0.2, 0.25) is 0 Å². The van der Waals surface area contributed by atoms with Crippen molar-refractivity contribution in [2.24, 2.45) is 5.92 Å². The Morgan fingerprint density at radius 2 is 1.54 bits per heavy atom. The maximum atomic E-state index is 8.74. The van der Waals surface area contributed by atoms with Crippen LogP contribution < -0.4 is 0 Å². The molecule has 150 valence electrons. The highest BCUT2D eigenvalue weighted by Crippen LogP contribution is 2.43. The van der Waals surface area contributed by atoms with Gasteiger partial charge in [0.25, 0.3) is 0 Å². The van der Waals surface area contributed by atoms with E-state index in [0.717, 1.165) is 5.92 Å². The van der Waals surface area contributed by atoms with Crippen molar-refractivity contribution in [1.82, 2.24) is 4.90 Å². The molecule has 4 rings (SSSR count). The lowest BCUT2D eigenvalue weighted by Gasteiger charge is -2.35. The zero-order valence-corrected chi connectivity index (χ0v) is 18.0. The van der Waals surface area contributed by atoms with E-state index in [-0.39, 0.29) is 0 Å². The average Bonchev–Trinajstić information content (AvgIpc) is 2.78. The molecule has 0 amide bonds. The van der Waals surface area contributed by atoms with Crippen molar-refractivity contribution < 1.29 is 17.5 Å². The normalized spacial score (nSPS) is 19.8. The Balaban J connectivity index is 0.000000403. The Labute approximate surface area is 174 Å². The summed E-state index contributed by atoms with van der Waals surface area (Å²) >= 11 is 3.68. The first-order chi connectivity index (χ1) is 13.2. The summed E-state index contributed by atoms with van der Waals surface area (Å²) in [7, 11) is -2.43. The largest absolute Gasteiger partial charge is 0.394 e. The molecule has 0 saturated carbocycles. The molecule has 7 heteroatoms. The van der Waals surface area contributed by atoms with Crippen LogP contribution in [0.15, 0.2) is 46.9 Å². The fourth-order valence-corrected chi connectivity index (χ4v) is 4.51. The minimum atomic E-state index is -4.67. The maximum Gasteiger partial charge on any atom is 0.394 e. The Hall–Kier alpha value is -1.51. The van der Waals surface area contributed by atoms with Crippen LogP contribution in [0.3, 0.4) is 0 Å². The molecule has 1 saturated heterocycles. The Bertz CT molecular complexity index is 958. The first-order valence-electron chi connectivity index (χ1n) is 9.17. The third-order valence-electron chi connectivity index (χ3n) is 5.39. The van der Waals surface area contributed by atoms with E-state index in [1.165, 1.54) is 52.7 Å². The van der Waals surface area contributed by atoms with E-state index in [0.29, 0.717) is 5.92 Å². The van der Waals surface area contributed by atoms with Crippen LogP contribution in [-0.4, -0.2) is 42.6 Å². The van der Waals surface area contributed by atoms with Crippen molar-refractivity contribution in [3.8, 4) is 0 Å². The topological polar surface area (TPSA) is 77.8 Å². The van der Waals surface area contributed by atoms with Crippen LogP contribution in [0, 0.1) is 5.92 Å². The molecule has 1 aliphatic carbocycles. The molecule has 5 nitrogen and oxygen atoms in total. The number of nitrogens with zero attached hydrogens (tertiary/aromatic N) is 1. The van der Waals surface area contributed by atoms with E-state index in [9.17, 15) is 0 Å². The summed E-state index contributed by atoms with van der Waals surface area (Å²) in [6.07, 6.45) is 7.13. The van der Waals surface area contributed by atoms with E-state index in [4.69, 9.17) is 17.5 Å². The van der Waals surface area contributed by atoms with E-state index in [1.807, 2.05) is 0 Å². The van der Waals surface area contributed by atoms with Gasteiger partial charge in [-0.15, -0.1) is 0 Å². The lowest BCUT2D eigenvalue weighted by molar-refractivity contribution is 0.207. The van der Waals surface area contributed by atoms with Crippen molar-refractivity contribution in [1.29, 1.82) is 0 Å². The summed E-state index contributed by atoms with van der Waals surface area (Å²) in [4.78, 5) is 2.46.